The molecule has 1 N–H and O–H groups in total. The molecule has 0 radical (unpaired) electrons. The Morgan fingerprint density at radius 3 is 2.18 bits per heavy atom. The molecule has 0 aromatic heterocycles. The zero-order valence-corrected chi connectivity index (χ0v) is 17.2. The molecule has 1 heterocycles. The van der Waals surface area contributed by atoms with Gasteiger partial charge in [0, 0.05) is 24.5 Å². The van der Waals surface area contributed by atoms with Gasteiger partial charge in [0.1, 0.15) is 6.04 Å². The van der Waals surface area contributed by atoms with Crippen LogP contribution in [0.4, 0.5) is 17.1 Å². The van der Waals surface area contributed by atoms with Crippen LogP contribution >= 0.6 is 0 Å². The number of nitrogens with zero attached hydrogens (tertiary/aromatic N) is 2. The van der Waals surface area contributed by atoms with E-state index in [1.165, 1.54) is 19.3 Å². The predicted octanol–water partition coefficient (Wildman–Crippen LogP) is 3.47. The molecular weight excluding hydrogens is 374 g/mol. The van der Waals surface area contributed by atoms with Crippen LogP contribution < -0.4 is 14.5 Å². The third-order valence-electron chi connectivity index (χ3n) is 4.96. The van der Waals surface area contributed by atoms with E-state index in [0.29, 0.717) is 11.4 Å². The lowest BCUT2D eigenvalue weighted by molar-refractivity contribution is -0.116. The monoisotopic (exact) mass is 401 g/mol. The molecule has 1 aliphatic rings. The SMILES string of the molecule is C[C@@H](C(=O)Nc1ccc(N2CCCCC2)cc1)N(c1ccccc1)S(C)(=O)=O. The summed E-state index contributed by atoms with van der Waals surface area (Å²) in [4.78, 5) is 15.1. The number of carbonyl (C=O) groups is 1. The number of sulfonamides is 1. The average molecular weight is 402 g/mol. The largest absolute Gasteiger partial charge is 0.372 e. The Morgan fingerprint density at radius 2 is 1.61 bits per heavy atom. The first-order valence-electron chi connectivity index (χ1n) is 9.56. The number of rotatable bonds is 6. The van der Waals surface area contributed by atoms with Gasteiger partial charge in [-0.2, -0.15) is 0 Å². The lowest BCUT2D eigenvalue weighted by Gasteiger charge is -2.29. The van der Waals surface area contributed by atoms with Crippen molar-refractivity contribution in [2.24, 2.45) is 0 Å². The molecule has 1 aliphatic heterocycles. The van der Waals surface area contributed by atoms with E-state index in [9.17, 15) is 13.2 Å². The number of amides is 1. The Hall–Kier alpha value is -2.54. The van der Waals surface area contributed by atoms with Crippen molar-refractivity contribution < 1.29 is 13.2 Å². The van der Waals surface area contributed by atoms with Crippen LogP contribution in [0.3, 0.4) is 0 Å². The first-order chi connectivity index (χ1) is 13.4. The Morgan fingerprint density at radius 1 is 1.00 bits per heavy atom. The summed E-state index contributed by atoms with van der Waals surface area (Å²) in [6.45, 7) is 3.71. The Labute approximate surface area is 167 Å². The summed E-state index contributed by atoms with van der Waals surface area (Å²) in [5.74, 6) is -0.375. The van der Waals surface area contributed by atoms with E-state index in [4.69, 9.17) is 0 Å². The van der Waals surface area contributed by atoms with Crippen LogP contribution in [0.5, 0.6) is 0 Å². The molecule has 1 fully saturated rings. The minimum atomic E-state index is -3.61. The zero-order chi connectivity index (χ0) is 20.1. The van der Waals surface area contributed by atoms with Crippen molar-refractivity contribution in [2.45, 2.75) is 32.2 Å². The van der Waals surface area contributed by atoms with E-state index < -0.39 is 16.1 Å². The molecule has 0 spiro atoms. The first kappa shape index (κ1) is 20.2. The van der Waals surface area contributed by atoms with E-state index >= 15 is 0 Å². The smallest absolute Gasteiger partial charge is 0.247 e. The second kappa shape index (κ2) is 8.65. The van der Waals surface area contributed by atoms with Crippen LogP contribution in [0.25, 0.3) is 0 Å². The second-order valence-corrected chi connectivity index (χ2v) is 9.01. The van der Waals surface area contributed by atoms with E-state index in [1.807, 2.05) is 24.3 Å². The molecule has 0 aliphatic carbocycles. The molecule has 2 aromatic rings. The number of hydrogen-bond donors (Lipinski definition) is 1. The summed E-state index contributed by atoms with van der Waals surface area (Å²) >= 11 is 0. The molecule has 28 heavy (non-hydrogen) atoms. The fourth-order valence-corrected chi connectivity index (χ4v) is 4.71. The fraction of sp³-hybridized carbons (Fsp3) is 0.381. The van der Waals surface area contributed by atoms with Crippen molar-refractivity contribution in [3.05, 3.63) is 54.6 Å². The summed E-state index contributed by atoms with van der Waals surface area (Å²) in [6, 6.07) is 15.5. The summed E-state index contributed by atoms with van der Waals surface area (Å²) < 4.78 is 25.7. The maximum atomic E-state index is 12.7. The molecule has 0 bridgehead atoms. The van der Waals surface area contributed by atoms with Crippen LogP contribution in [0.2, 0.25) is 0 Å². The number of benzene rings is 2. The van der Waals surface area contributed by atoms with Crippen molar-refractivity contribution in [3.63, 3.8) is 0 Å². The number of carbonyl (C=O) groups excluding carboxylic acids is 1. The quantitative estimate of drug-likeness (QED) is 0.805. The maximum absolute atomic E-state index is 12.7. The highest BCUT2D eigenvalue weighted by molar-refractivity contribution is 7.92. The maximum Gasteiger partial charge on any atom is 0.247 e. The van der Waals surface area contributed by atoms with E-state index in [-0.39, 0.29) is 5.91 Å². The van der Waals surface area contributed by atoms with Gasteiger partial charge < -0.3 is 10.2 Å². The molecule has 2 aromatic carbocycles. The van der Waals surface area contributed by atoms with Gasteiger partial charge in [0.25, 0.3) is 0 Å². The van der Waals surface area contributed by atoms with Crippen molar-refractivity contribution in [1.29, 1.82) is 0 Å². The van der Waals surface area contributed by atoms with Gasteiger partial charge in [-0.05, 0) is 62.6 Å². The number of piperidine rings is 1. The molecule has 1 saturated heterocycles. The summed E-state index contributed by atoms with van der Waals surface area (Å²) in [5, 5.41) is 2.83. The summed E-state index contributed by atoms with van der Waals surface area (Å²) in [5.41, 5.74) is 2.26. The van der Waals surface area contributed by atoms with Gasteiger partial charge in [0.15, 0.2) is 0 Å². The van der Waals surface area contributed by atoms with Crippen molar-refractivity contribution in [2.75, 3.05) is 33.9 Å². The lowest BCUT2D eigenvalue weighted by Crippen LogP contribution is -2.45. The van der Waals surface area contributed by atoms with Gasteiger partial charge in [-0.15, -0.1) is 0 Å². The molecule has 3 rings (SSSR count). The van der Waals surface area contributed by atoms with Gasteiger partial charge in [0.05, 0.1) is 11.9 Å². The molecule has 6 nitrogen and oxygen atoms in total. The van der Waals surface area contributed by atoms with Crippen molar-refractivity contribution in [1.82, 2.24) is 0 Å². The molecular formula is C21H27N3O3S. The van der Waals surface area contributed by atoms with Crippen LogP contribution in [-0.4, -0.2) is 39.7 Å². The van der Waals surface area contributed by atoms with Gasteiger partial charge >= 0.3 is 0 Å². The molecule has 7 heteroatoms. The van der Waals surface area contributed by atoms with Gasteiger partial charge in [-0.1, -0.05) is 18.2 Å². The first-order valence-corrected chi connectivity index (χ1v) is 11.4. The highest BCUT2D eigenvalue weighted by Gasteiger charge is 2.29. The predicted molar refractivity (Wildman–Crippen MR) is 114 cm³/mol. The minimum Gasteiger partial charge on any atom is -0.372 e. The van der Waals surface area contributed by atoms with Crippen molar-refractivity contribution >= 4 is 33.0 Å². The molecule has 1 amide bonds. The van der Waals surface area contributed by atoms with Crippen LogP contribution in [0.15, 0.2) is 54.6 Å². The van der Waals surface area contributed by atoms with E-state index in [0.717, 1.165) is 29.3 Å². The standard InChI is InChI=1S/C21H27N3O3S/c1-17(24(28(2,26)27)20-9-5-3-6-10-20)21(25)22-18-11-13-19(14-12-18)23-15-7-4-8-16-23/h3,5-6,9-14,17H,4,7-8,15-16H2,1-2H3,(H,22,25)/t17-/m0/s1. The van der Waals surface area contributed by atoms with Gasteiger partial charge in [-0.3, -0.25) is 9.10 Å². The fourth-order valence-electron chi connectivity index (χ4n) is 3.54. The van der Waals surface area contributed by atoms with Crippen molar-refractivity contribution in [3.8, 4) is 0 Å². The van der Waals surface area contributed by atoms with E-state index in [2.05, 4.69) is 10.2 Å². The van der Waals surface area contributed by atoms with Crippen LogP contribution in [0.1, 0.15) is 26.2 Å². The highest BCUT2D eigenvalue weighted by Crippen LogP contribution is 2.23. The second-order valence-electron chi connectivity index (χ2n) is 7.15. The molecule has 0 saturated carbocycles. The average Bonchev–Trinajstić information content (AvgIpc) is 2.69. The third kappa shape index (κ3) is 4.84. The summed E-state index contributed by atoms with van der Waals surface area (Å²) in [6.07, 6.45) is 4.80. The minimum absolute atomic E-state index is 0.375. The normalized spacial score (nSPS) is 15.7. The number of para-hydroxylation sites is 1. The number of nitrogens with one attached hydrogen (secondary N) is 1. The highest BCUT2D eigenvalue weighted by atomic mass is 32.2. The van der Waals surface area contributed by atoms with Crippen LogP contribution in [-0.2, 0) is 14.8 Å². The molecule has 0 unspecified atom stereocenters. The summed E-state index contributed by atoms with van der Waals surface area (Å²) in [7, 11) is -3.61. The molecule has 150 valence electrons. The third-order valence-corrected chi connectivity index (χ3v) is 6.20. The zero-order valence-electron chi connectivity index (χ0n) is 16.3. The Balaban J connectivity index is 1.72. The Kier molecular flexibility index (Phi) is 6.24. The van der Waals surface area contributed by atoms with Crippen LogP contribution in [0, 0.1) is 0 Å². The number of anilines is 3. The number of hydrogen-bond acceptors (Lipinski definition) is 4. The lowest BCUT2D eigenvalue weighted by atomic mass is 10.1. The Bertz CT molecular complexity index is 892. The molecule has 1 atom stereocenters. The van der Waals surface area contributed by atoms with E-state index in [1.54, 1.807) is 37.3 Å². The van der Waals surface area contributed by atoms with Gasteiger partial charge in [0.2, 0.25) is 15.9 Å². The van der Waals surface area contributed by atoms with Gasteiger partial charge in [-0.25, -0.2) is 8.42 Å². The topological polar surface area (TPSA) is 69.7 Å².